The number of hydrogen-bond acceptors (Lipinski definition) is 3. The predicted octanol–water partition coefficient (Wildman–Crippen LogP) is 1.65. The van der Waals surface area contributed by atoms with Gasteiger partial charge in [0.2, 0.25) is 5.91 Å². The molecule has 0 aromatic carbocycles. The lowest BCUT2D eigenvalue weighted by molar-refractivity contribution is -0.146. The molecule has 21 heavy (non-hydrogen) atoms. The van der Waals surface area contributed by atoms with Gasteiger partial charge in [-0.25, -0.2) is 0 Å². The Balaban J connectivity index is 2.07. The molecule has 114 valence electrons. The Labute approximate surface area is 123 Å². The summed E-state index contributed by atoms with van der Waals surface area (Å²) in [5.41, 5.74) is 1.70. The van der Waals surface area contributed by atoms with Crippen LogP contribution in [0.25, 0.3) is 0 Å². The molecule has 1 saturated heterocycles. The second-order valence-electron chi connectivity index (χ2n) is 6.16. The Morgan fingerprint density at radius 3 is 2.62 bits per heavy atom. The Hall–Kier alpha value is -1.85. The van der Waals surface area contributed by atoms with Gasteiger partial charge in [0.25, 0.3) is 0 Å². The molecule has 6 heteroatoms. The molecule has 2 atom stereocenters. The summed E-state index contributed by atoms with van der Waals surface area (Å²) in [5.74, 6) is -1.27. The number of amides is 1. The highest BCUT2D eigenvalue weighted by atomic mass is 16.4. The van der Waals surface area contributed by atoms with Gasteiger partial charge in [-0.3, -0.25) is 14.3 Å². The predicted molar refractivity (Wildman–Crippen MR) is 75.5 cm³/mol. The molecule has 0 radical (unpaired) electrons. The maximum atomic E-state index is 12.5. The number of nitrogens with zero attached hydrogens (tertiary/aromatic N) is 3. The fraction of sp³-hybridized carbons (Fsp3) is 0.667. The van der Waals surface area contributed by atoms with Crippen LogP contribution in [0.1, 0.15) is 49.4 Å². The number of aromatic nitrogens is 2. The van der Waals surface area contributed by atoms with Crippen LogP contribution in [-0.2, 0) is 16.6 Å². The summed E-state index contributed by atoms with van der Waals surface area (Å²) in [4.78, 5) is 26.1. The lowest BCUT2D eigenvalue weighted by Crippen LogP contribution is -2.40. The van der Waals surface area contributed by atoms with E-state index < -0.39 is 11.9 Å². The van der Waals surface area contributed by atoms with Crippen LogP contribution in [0.3, 0.4) is 0 Å². The van der Waals surface area contributed by atoms with Crippen molar-refractivity contribution in [1.29, 1.82) is 0 Å². The van der Waals surface area contributed by atoms with Crippen LogP contribution in [0.4, 0.5) is 0 Å². The van der Waals surface area contributed by atoms with Crippen molar-refractivity contribution in [2.45, 2.75) is 51.1 Å². The molecule has 2 fully saturated rings. The average Bonchev–Trinajstić information content (AvgIpc) is 3.18. The third-order valence-corrected chi connectivity index (χ3v) is 4.50. The average molecular weight is 291 g/mol. The van der Waals surface area contributed by atoms with E-state index in [-0.39, 0.29) is 18.0 Å². The van der Waals surface area contributed by atoms with Gasteiger partial charge in [-0.1, -0.05) is 0 Å². The van der Waals surface area contributed by atoms with Crippen molar-refractivity contribution in [1.82, 2.24) is 14.7 Å². The Morgan fingerprint density at radius 2 is 2.10 bits per heavy atom. The third-order valence-electron chi connectivity index (χ3n) is 4.50. The lowest BCUT2D eigenvalue weighted by atomic mass is 9.89. The summed E-state index contributed by atoms with van der Waals surface area (Å²) < 4.78 is 1.70. The number of rotatable bonds is 3. The van der Waals surface area contributed by atoms with E-state index in [0.29, 0.717) is 19.3 Å². The molecule has 6 nitrogen and oxygen atoms in total. The summed E-state index contributed by atoms with van der Waals surface area (Å²) >= 11 is 0. The monoisotopic (exact) mass is 291 g/mol. The van der Waals surface area contributed by atoms with Crippen molar-refractivity contribution in [3.8, 4) is 0 Å². The van der Waals surface area contributed by atoms with Gasteiger partial charge in [-0.05, 0) is 32.6 Å². The van der Waals surface area contributed by atoms with E-state index >= 15 is 0 Å². The lowest BCUT2D eigenvalue weighted by Gasteiger charge is -2.33. The summed E-state index contributed by atoms with van der Waals surface area (Å²) in [6, 6.07) is -0.166. The van der Waals surface area contributed by atoms with Crippen molar-refractivity contribution >= 4 is 11.9 Å². The van der Waals surface area contributed by atoms with E-state index in [9.17, 15) is 14.7 Å². The topological polar surface area (TPSA) is 75.4 Å². The second-order valence-corrected chi connectivity index (χ2v) is 6.16. The molecular formula is C15H21N3O3. The first-order valence-electron chi connectivity index (χ1n) is 7.53. The summed E-state index contributed by atoms with van der Waals surface area (Å²) in [7, 11) is 1.83. The highest BCUT2D eigenvalue weighted by Gasteiger charge is 2.45. The molecule has 1 aromatic rings. The van der Waals surface area contributed by atoms with Gasteiger partial charge in [-0.15, -0.1) is 0 Å². The highest BCUT2D eigenvalue weighted by molar-refractivity contribution is 5.80. The maximum Gasteiger partial charge on any atom is 0.308 e. The molecule has 1 N–H and O–H groups in total. The van der Waals surface area contributed by atoms with Crippen molar-refractivity contribution < 1.29 is 14.7 Å². The normalized spacial score (nSPS) is 26.8. The van der Waals surface area contributed by atoms with Crippen LogP contribution < -0.4 is 0 Å². The largest absolute Gasteiger partial charge is 0.481 e. The molecule has 2 unspecified atom stereocenters. The highest BCUT2D eigenvalue weighted by Crippen LogP contribution is 2.43. The fourth-order valence-corrected chi connectivity index (χ4v) is 3.43. The third kappa shape index (κ3) is 2.54. The molecule has 3 rings (SSSR count). The quantitative estimate of drug-likeness (QED) is 0.918. The molecule has 0 spiro atoms. The number of aliphatic carboxylic acids is 1. The number of carboxylic acid groups (broad SMARTS) is 1. The van der Waals surface area contributed by atoms with Crippen LogP contribution in [0, 0.1) is 12.8 Å². The zero-order valence-electron chi connectivity index (χ0n) is 12.5. The second kappa shape index (κ2) is 5.16. The molecule has 2 aliphatic rings. The molecule has 1 saturated carbocycles. The number of carbonyl (C=O) groups is 2. The van der Waals surface area contributed by atoms with E-state index in [2.05, 4.69) is 5.10 Å². The smallest absolute Gasteiger partial charge is 0.308 e. The fourth-order valence-electron chi connectivity index (χ4n) is 3.43. The van der Waals surface area contributed by atoms with Gasteiger partial charge in [0.15, 0.2) is 0 Å². The first-order valence-corrected chi connectivity index (χ1v) is 7.53. The number of carbonyl (C=O) groups excluding carboxylic acids is 1. The van der Waals surface area contributed by atoms with Crippen molar-refractivity contribution in [3.63, 3.8) is 0 Å². The molecular weight excluding hydrogens is 270 g/mol. The standard InChI is InChI=1S/C15H21N3O3/c1-9-12(8-17(2)16-9)14-11(15(20)21)4-3-5-13(19)18(14)10-6-7-10/h8,10-11,14H,3-7H2,1-2H3,(H,20,21). The van der Waals surface area contributed by atoms with E-state index in [1.165, 1.54) is 0 Å². The summed E-state index contributed by atoms with van der Waals surface area (Å²) in [5, 5.41) is 14.0. The number of likely N-dealkylation sites (tertiary alicyclic amines) is 1. The Morgan fingerprint density at radius 1 is 1.38 bits per heavy atom. The molecule has 1 aliphatic carbocycles. The van der Waals surface area contributed by atoms with Crippen LogP contribution in [0.15, 0.2) is 6.20 Å². The van der Waals surface area contributed by atoms with Gasteiger partial charge in [0, 0.05) is 31.3 Å². The first kappa shape index (κ1) is 14.1. The zero-order valence-corrected chi connectivity index (χ0v) is 12.5. The van der Waals surface area contributed by atoms with Crippen LogP contribution in [0.5, 0.6) is 0 Å². The SMILES string of the molecule is Cc1nn(C)cc1C1C(C(=O)O)CCCC(=O)N1C1CC1. The first-order chi connectivity index (χ1) is 9.99. The maximum absolute atomic E-state index is 12.5. The van der Waals surface area contributed by atoms with Gasteiger partial charge in [0.1, 0.15) is 0 Å². The Kier molecular flexibility index (Phi) is 3.47. The molecule has 2 heterocycles. The minimum Gasteiger partial charge on any atom is -0.481 e. The summed E-state index contributed by atoms with van der Waals surface area (Å²) in [6.07, 6.45) is 5.47. The van der Waals surface area contributed by atoms with Crippen LogP contribution >= 0.6 is 0 Å². The Bertz CT molecular complexity index is 577. The number of aryl methyl sites for hydroxylation is 2. The van der Waals surface area contributed by atoms with Crippen molar-refractivity contribution in [2.75, 3.05) is 0 Å². The minimum absolute atomic E-state index is 0.0921. The zero-order chi connectivity index (χ0) is 15.1. The minimum atomic E-state index is -0.816. The van der Waals surface area contributed by atoms with Crippen molar-refractivity contribution in [3.05, 3.63) is 17.5 Å². The molecule has 1 aliphatic heterocycles. The molecule has 1 aromatic heterocycles. The van der Waals surface area contributed by atoms with Crippen LogP contribution in [0.2, 0.25) is 0 Å². The molecule has 1 amide bonds. The van der Waals surface area contributed by atoms with E-state index in [1.807, 2.05) is 25.1 Å². The number of hydrogen-bond donors (Lipinski definition) is 1. The van der Waals surface area contributed by atoms with Gasteiger partial charge in [0.05, 0.1) is 17.7 Å². The van der Waals surface area contributed by atoms with Crippen LogP contribution in [-0.4, -0.2) is 37.7 Å². The van der Waals surface area contributed by atoms with E-state index in [0.717, 1.165) is 24.1 Å². The van der Waals surface area contributed by atoms with Gasteiger partial charge >= 0.3 is 5.97 Å². The van der Waals surface area contributed by atoms with E-state index in [4.69, 9.17) is 0 Å². The summed E-state index contributed by atoms with van der Waals surface area (Å²) in [6.45, 7) is 1.88. The molecule has 0 bridgehead atoms. The van der Waals surface area contributed by atoms with Gasteiger partial charge < -0.3 is 10.0 Å². The van der Waals surface area contributed by atoms with Crippen molar-refractivity contribution in [2.24, 2.45) is 13.0 Å². The number of carboxylic acids is 1. The van der Waals surface area contributed by atoms with E-state index in [1.54, 1.807) is 4.68 Å². The van der Waals surface area contributed by atoms with Gasteiger partial charge in [-0.2, -0.15) is 5.10 Å².